The van der Waals surface area contributed by atoms with E-state index in [9.17, 15) is 4.79 Å². The van der Waals surface area contributed by atoms with Crippen LogP contribution >= 0.6 is 23.2 Å². The molecule has 1 amide bonds. The maximum Gasteiger partial charge on any atom is 0.251 e. The second-order valence-corrected chi connectivity index (χ2v) is 12.2. The number of nitrogens with zero attached hydrogens (tertiary/aromatic N) is 3. The highest BCUT2D eigenvalue weighted by Gasteiger charge is 2.17. The van der Waals surface area contributed by atoms with Crippen molar-refractivity contribution in [2.24, 2.45) is 0 Å². The fourth-order valence-corrected chi connectivity index (χ4v) is 5.46. The number of pyridine rings is 1. The lowest BCUT2D eigenvalue weighted by molar-refractivity contribution is 0.0280. The lowest BCUT2D eigenvalue weighted by Crippen LogP contribution is -2.27. The average Bonchev–Trinajstić information content (AvgIpc) is 3.67. The van der Waals surface area contributed by atoms with Gasteiger partial charge >= 0.3 is 0 Å². The van der Waals surface area contributed by atoms with Gasteiger partial charge in [-0.15, -0.1) is 0 Å². The first-order chi connectivity index (χ1) is 25.0. The van der Waals surface area contributed by atoms with E-state index in [0.717, 1.165) is 27.9 Å². The zero-order valence-corrected chi connectivity index (χ0v) is 29.9. The Morgan fingerprint density at radius 1 is 0.882 bits per heavy atom. The van der Waals surface area contributed by atoms with E-state index in [1.54, 1.807) is 43.0 Å². The third-order valence-corrected chi connectivity index (χ3v) is 8.28. The maximum atomic E-state index is 12.6. The Kier molecular flexibility index (Phi) is 14.9. The summed E-state index contributed by atoms with van der Waals surface area (Å²) in [6, 6.07) is 24.6. The molecule has 2 aromatic heterocycles. The van der Waals surface area contributed by atoms with Crippen molar-refractivity contribution in [3.8, 4) is 5.88 Å². The highest BCUT2D eigenvalue weighted by Crippen LogP contribution is 2.30. The summed E-state index contributed by atoms with van der Waals surface area (Å²) >= 11 is 12.6. The van der Waals surface area contributed by atoms with Gasteiger partial charge in [-0.2, -0.15) is 0 Å². The number of carbonyl (C=O) groups is 1. The smallest absolute Gasteiger partial charge is 0.251 e. The van der Waals surface area contributed by atoms with Crippen LogP contribution in [0.1, 0.15) is 38.7 Å². The van der Waals surface area contributed by atoms with E-state index < -0.39 is 0 Å². The number of ether oxygens (including phenoxy) is 4. The van der Waals surface area contributed by atoms with Crippen LogP contribution in [0.2, 0.25) is 10.0 Å². The maximum absolute atomic E-state index is 12.6. The second-order valence-electron chi connectivity index (χ2n) is 11.4. The first-order valence-electron chi connectivity index (χ1n) is 16.6. The summed E-state index contributed by atoms with van der Waals surface area (Å²) in [5.41, 5.74) is 5.48. The van der Waals surface area contributed by atoms with E-state index in [2.05, 4.69) is 32.7 Å². The van der Waals surface area contributed by atoms with Crippen molar-refractivity contribution in [1.82, 2.24) is 19.9 Å². The molecule has 2 N–H and O–H groups in total. The van der Waals surface area contributed by atoms with Crippen LogP contribution in [0.25, 0.3) is 12.2 Å². The summed E-state index contributed by atoms with van der Waals surface area (Å²) < 4.78 is 25.0. The van der Waals surface area contributed by atoms with Crippen molar-refractivity contribution in [3.63, 3.8) is 0 Å². The van der Waals surface area contributed by atoms with E-state index in [4.69, 9.17) is 42.1 Å². The molecule has 0 saturated heterocycles. The predicted octanol–water partition coefficient (Wildman–Crippen LogP) is 7.60. The van der Waals surface area contributed by atoms with Crippen LogP contribution in [0.15, 0.2) is 104 Å². The molecular weight excluding hydrogens is 689 g/mol. The number of anilines is 1. The molecule has 0 bridgehead atoms. The molecule has 0 saturated carbocycles. The van der Waals surface area contributed by atoms with E-state index in [0.29, 0.717) is 74.2 Å². The van der Waals surface area contributed by atoms with Crippen molar-refractivity contribution in [3.05, 3.63) is 142 Å². The number of hydrogen-bond donors (Lipinski definition) is 2. The second kappa shape index (κ2) is 20.2. The van der Waals surface area contributed by atoms with Crippen molar-refractivity contribution in [2.75, 3.05) is 51.9 Å². The van der Waals surface area contributed by atoms with Crippen molar-refractivity contribution in [2.45, 2.75) is 19.3 Å². The SMILES string of the molecule is CNc1ccc(/C=C/c2ccc(OCCOCCOCCNC(=O)c3ccc(COC(Cn4ccnc4)c4ccc(Cl)cc4Cl)cc3)nc2)cc1. The Morgan fingerprint density at radius 2 is 1.63 bits per heavy atom. The van der Waals surface area contributed by atoms with E-state index >= 15 is 0 Å². The topological polar surface area (TPSA) is 109 Å². The van der Waals surface area contributed by atoms with Gasteiger partial charge in [-0.1, -0.05) is 65.7 Å². The van der Waals surface area contributed by atoms with Crippen LogP contribution in [0.4, 0.5) is 5.69 Å². The Morgan fingerprint density at radius 3 is 2.33 bits per heavy atom. The molecule has 0 aliphatic carbocycles. The first kappa shape index (κ1) is 37.5. The van der Waals surface area contributed by atoms with Crippen molar-refractivity contribution >= 4 is 46.9 Å². The summed E-state index contributed by atoms with van der Waals surface area (Å²) in [5.74, 6) is 0.362. The Hall–Kier alpha value is -4.71. The van der Waals surface area contributed by atoms with Gasteiger partial charge in [-0.3, -0.25) is 4.79 Å². The number of hydrogen-bond acceptors (Lipinski definition) is 8. The Balaban J connectivity index is 0.920. The monoisotopic (exact) mass is 729 g/mol. The number of imidazole rings is 1. The zero-order valence-electron chi connectivity index (χ0n) is 28.3. The van der Waals surface area contributed by atoms with Crippen molar-refractivity contribution < 1.29 is 23.7 Å². The lowest BCUT2D eigenvalue weighted by atomic mass is 10.1. The minimum absolute atomic E-state index is 0.178. The van der Waals surface area contributed by atoms with Crippen molar-refractivity contribution in [1.29, 1.82) is 0 Å². The van der Waals surface area contributed by atoms with Gasteiger partial charge < -0.3 is 34.1 Å². The van der Waals surface area contributed by atoms with Crippen LogP contribution in [0.5, 0.6) is 5.88 Å². The van der Waals surface area contributed by atoms with Gasteiger partial charge in [0.05, 0.1) is 45.9 Å². The van der Waals surface area contributed by atoms with Crippen LogP contribution in [-0.2, 0) is 27.4 Å². The van der Waals surface area contributed by atoms with Gasteiger partial charge in [0.1, 0.15) is 12.7 Å². The molecule has 3 aromatic carbocycles. The molecule has 1 unspecified atom stereocenters. The summed E-state index contributed by atoms with van der Waals surface area (Å²) in [6.07, 6.45) is 10.8. The van der Waals surface area contributed by atoms with E-state index in [-0.39, 0.29) is 12.0 Å². The van der Waals surface area contributed by atoms with Gasteiger partial charge in [-0.05, 0) is 59.2 Å². The molecule has 266 valence electrons. The Bertz CT molecular complexity index is 1800. The van der Waals surface area contributed by atoms with Crippen LogP contribution in [0, 0.1) is 0 Å². The number of rotatable bonds is 20. The highest BCUT2D eigenvalue weighted by atomic mass is 35.5. The van der Waals surface area contributed by atoms with E-state index in [1.807, 2.05) is 72.4 Å². The molecule has 51 heavy (non-hydrogen) atoms. The molecule has 0 fully saturated rings. The normalized spacial score (nSPS) is 11.8. The quantitative estimate of drug-likeness (QED) is 0.0789. The van der Waals surface area contributed by atoms with E-state index in [1.165, 1.54) is 0 Å². The third kappa shape index (κ3) is 12.5. The molecule has 0 spiro atoms. The molecule has 5 aromatic rings. The number of amides is 1. The largest absolute Gasteiger partial charge is 0.475 e. The minimum Gasteiger partial charge on any atom is -0.475 e. The van der Waals surface area contributed by atoms with Gasteiger partial charge in [0.2, 0.25) is 5.88 Å². The van der Waals surface area contributed by atoms with Gasteiger partial charge in [-0.25, -0.2) is 9.97 Å². The average molecular weight is 731 g/mol. The molecule has 5 rings (SSSR count). The molecule has 2 heterocycles. The summed E-state index contributed by atoms with van der Waals surface area (Å²) in [4.78, 5) is 21.1. The Labute approximate surface area is 308 Å². The molecule has 0 aliphatic heterocycles. The van der Waals surface area contributed by atoms with Crippen LogP contribution < -0.4 is 15.4 Å². The minimum atomic E-state index is -0.326. The highest BCUT2D eigenvalue weighted by molar-refractivity contribution is 6.35. The number of benzene rings is 3. The number of halogens is 2. The molecule has 0 aliphatic rings. The standard InChI is InChI=1S/C39H41Cl2N5O5/c1-42-34-12-6-29(7-13-34)2-3-30-8-15-38(45-25-30)50-23-22-49-21-20-48-19-17-44-39(47)32-9-4-31(5-10-32)27-51-37(26-46-18-16-43-28-46)35-14-11-33(40)24-36(35)41/h2-16,18,24-25,28,37,42H,17,19-23,26-27H2,1H3,(H,44,47)/b3-2+. The van der Waals surface area contributed by atoms with Crippen LogP contribution in [-0.4, -0.2) is 67.1 Å². The summed E-state index contributed by atoms with van der Waals surface area (Å²) in [7, 11) is 1.90. The fraction of sp³-hybridized carbons (Fsp3) is 0.256. The third-order valence-electron chi connectivity index (χ3n) is 7.72. The first-order valence-corrected chi connectivity index (χ1v) is 17.3. The molecule has 1 atom stereocenters. The zero-order chi connectivity index (χ0) is 35.7. The summed E-state index contributed by atoms with van der Waals surface area (Å²) in [6.45, 7) is 3.23. The molecular formula is C39H41Cl2N5O5. The number of carbonyl (C=O) groups excluding carboxylic acids is 1. The molecule has 12 heteroatoms. The molecule has 0 radical (unpaired) electrons. The predicted molar refractivity (Wildman–Crippen MR) is 201 cm³/mol. The lowest BCUT2D eigenvalue weighted by Gasteiger charge is -2.20. The van der Waals surface area contributed by atoms with Gasteiger partial charge in [0.25, 0.3) is 5.91 Å². The number of nitrogens with one attached hydrogen (secondary N) is 2. The fourth-order valence-electron chi connectivity index (χ4n) is 4.93. The number of aromatic nitrogens is 3. The molecule has 10 nitrogen and oxygen atoms in total. The van der Waals surface area contributed by atoms with Gasteiger partial charge in [0, 0.05) is 65.1 Å². The summed E-state index contributed by atoms with van der Waals surface area (Å²) in [5, 5.41) is 7.08. The van der Waals surface area contributed by atoms with Crippen LogP contribution in [0.3, 0.4) is 0 Å². The van der Waals surface area contributed by atoms with Gasteiger partial charge in [0.15, 0.2) is 0 Å².